The highest BCUT2D eigenvalue weighted by molar-refractivity contribution is 5.81. The van der Waals surface area contributed by atoms with Gasteiger partial charge in [0, 0.05) is 31.0 Å². The first-order valence-corrected chi connectivity index (χ1v) is 13.6. The van der Waals surface area contributed by atoms with E-state index >= 15 is 4.39 Å². The molecule has 0 saturated heterocycles. The maximum atomic E-state index is 15.0. The lowest BCUT2D eigenvalue weighted by atomic mass is 9.88. The summed E-state index contributed by atoms with van der Waals surface area (Å²) < 4.78 is 31.8. The van der Waals surface area contributed by atoms with Crippen molar-refractivity contribution in [3.63, 3.8) is 0 Å². The summed E-state index contributed by atoms with van der Waals surface area (Å²) in [4.78, 5) is 27.5. The molecule has 0 saturated carbocycles. The first-order valence-electron chi connectivity index (χ1n) is 13.6. The molecular weight excluding hydrogens is 497 g/mol. The fraction of sp³-hybridized carbons (Fsp3) is 0.375. The van der Waals surface area contributed by atoms with Gasteiger partial charge in [0.2, 0.25) is 5.91 Å². The number of amides is 1. The van der Waals surface area contributed by atoms with Crippen LogP contribution in [0.4, 0.5) is 4.39 Å². The van der Waals surface area contributed by atoms with E-state index in [1.807, 2.05) is 48.2 Å². The van der Waals surface area contributed by atoms with Gasteiger partial charge < -0.3 is 19.1 Å². The number of halogens is 1. The molecule has 2 aliphatic rings. The second-order valence-corrected chi connectivity index (χ2v) is 9.98. The van der Waals surface area contributed by atoms with Gasteiger partial charge in [-0.25, -0.2) is 4.39 Å². The van der Waals surface area contributed by atoms with Crippen LogP contribution in [0, 0.1) is 5.82 Å². The van der Waals surface area contributed by atoms with Gasteiger partial charge in [0.15, 0.2) is 0 Å². The number of benzene rings is 3. The number of fused-ring (bicyclic) bond motifs is 2. The van der Waals surface area contributed by atoms with Gasteiger partial charge in [-0.3, -0.25) is 9.59 Å². The van der Waals surface area contributed by atoms with Gasteiger partial charge >= 0.3 is 5.97 Å². The van der Waals surface area contributed by atoms with Crippen LogP contribution in [0.2, 0.25) is 0 Å². The summed E-state index contributed by atoms with van der Waals surface area (Å²) in [5, 5.41) is 0. The van der Waals surface area contributed by atoms with Crippen LogP contribution in [0.1, 0.15) is 54.0 Å². The third-order valence-electron chi connectivity index (χ3n) is 7.49. The van der Waals surface area contributed by atoms with Gasteiger partial charge in [0.1, 0.15) is 11.6 Å². The number of esters is 1. The molecule has 39 heavy (non-hydrogen) atoms. The van der Waals surface area contributed by atoms with Crippen molar-refractivity contribution >= 4 is 11.9 Å². The fourth-order valence-corrected chi connectivity index (χ4v) is 5.63. The van der Waals surface area contributed by atoms with E-state index in [2.05, 4.69) is 6.07 Å². The lowest BCUT2D eigenvalue weighted by Crippen LogP contribution is -2.38. The van der Waals surface area contributed by atoms with Crippen LogP contribution in [-0.2, 0) is 45.1 Å². The molecule has 2 heterocycles. The van der Waals surface area contributed by atoms with Crippen molar-refractivity contribution in [1.29, 1.82) is 0 Å². The average molecular weight is 532 g/mol. The standard InChI is InChI=1S/C32H34FNO5/c1-3-38-30-12-9-21(16-32(36)39-4-2)15-27(30)25-10-11-29(33)26-13-14-34(18-28(25)26)31(35)17-23-20-37-19-22-7-5-6-8-24(22)23/h5-12,15,23H,3-4,13-14,16-20H2,1-2H3. The van der Waals surface area contributed by atoms with Gasteiger partial charge in [-0.05, 0) is 71.8 Å². The topological polar surface area (TPSA) is 65.1 Å². The largest absolute Gasteiger partial charge is 0.493 e. The third-order valence-corrected chi connectivity index (χ3v) is 7.49. The lowest BCUT2D eigenvalue weighted by molar-refractivity contribution is -0.142. The highest BCUT2D eigenvalue weighted by atomic mass is 19.1. The first kappa shape index (κ1) is 26.9. The van der Waals surface area contributed by atoms with E-state index in [1.54, 1.807) is 13.0 Å². The van der Waals surface area contributed by atoms with Crippen molar-refractivity contribution in [1.82, 2.24) is 4.90 Å². The minimum Gasteiger partial charge on any atom is -0.493 e. The monoisotopic (exact) mass is 531 g/mol. The van der Waals surface area contributed by atoms with Crippen LogP contribution in [-0.4, -0.2) is 43.1 Å². The lowest BCUT2D eigenvalue weighted by Gasteiger charge is -2.33. The van der Waals surface area contributed by atoms with E-state index in [1.165, 1.54) is 11.6 Å². The zero-order chi connectivity index (χ0) is 27.4. The summed E-state index contributed by atoms with van der Waals surface area (Å²) in [5.74, 6) is 0.107. The maximum Gasteiger partial charge on any atom is 0.310 e. The quantitative estimate of drug-likeness (QED) is 0.355. The molecule has 3 aromatic carbocycles. The Bertz CT molecular complexity index is 1370. The smallest absolute Gasteiger partial charge is 0.310 e. The molecule has 0 spiro atoms. The first-order chi connectivity index (χ1) is 19.0. The van der Waals surface area contributed by atoms with Crippen LogP contribution in [0.5, 0.6) is 5.75 Å². The van der Waals surface area contributed by atoms with Gasteiger partial charge in [-0.1, -0.05) is 36.4 Å². The van der Waals surface area contributed by atoms with Crippen molar-refractivity contribution in [3.05, 3.63) is 88.2 Å². The van der Waals surface area contributed by atoms with Gasteiger partial charge in [-0.15, -0.1) is 0 Å². The molecule has 1 unspecified atom stereocenters. The Labute approximate surface area is 228 Å². The summed E-state index contributed by atoms with van der Waals surface area (Å²) in [7, 11) is 0. The summed E-state index contributed by atoms with van der Waals surface area (Å²) in [5.41, 5.74) is 6.07. The normalized spacial score (nSPS) is 16.3. The molecule has 3 aromatic rings. The van der Waals surface area contributed by atoms with Crippen LogP contribution >= 0.6 is 0 Å². The zero-order valence-corrected chi connectivity index (χ0v) is 22.5. The molecule has 7 heteroatoms. The minimum absolute atomic E-state index is 0.0000538. The third kappa shape index (κ3) is 5.83. The van der Waals surface area contributed by atoms with Gasteiger partial charge in [0.05, 0.1) is 32.8 Å². The Morgan fingerprint density at radius 2 is 1.87 bits per heavy atom. The number of ether oxygens (including phenoxy) is 3. The molecule has 0 aromatic heterocycles. The molecule has 1 atom stereocenters. The Kier molecular flexibility index (Phi) is 8.27. The van der Waals surface area contributed by atoms with Crippen molar-refractivity contribution in [3.8, 4) is 16.9 Å². The second kappa shape index (κ2) is 12.0. The predicted molar refractivity (Wildman–Crippen MR) is 146 cm³/mol. The van der Waals surface area contributed by atoms with E-state index < -0.39 is 0 Å². The molecular formula is C32H34FNO5. The number of hydrogen-bond acceptors (Lipinski definition) is 5. The summed E-state index contributed by atoms with van der Waals surface area (Å²) in [6, 6.07) is 16.9. The van der Waals surface area contributed by atoms with Crippen LogP contribution in [0.15, 0.2) is 54.6 Å². The summed E-state index contributed by atoms with van der Waals surface area (Å²) in [6.45, 7) is 6.31. The molecule has 1 amide bonds. The second-order valence-electron chi connectivity index (χ2n) is 9.98. The molecule has 204 valence electrons. The number of carbonyl (C=O) groups excluding carboxylic acids is 2. The Morgan fingerprint density at radius 3 is 2.69 bits per heavy atom. The fourth-order valence-electron chi connectivity index (χ4n) is 5.63. The Morgan fingerprint density at radius 1 is 1.03 bits per heavy atom. The zero-order valence-electron chi connectivity index (χ0n) is 22.5. The molecule has 0 bridgehead atoms. The van der Waals surface area contributed by atoms with Crippen LogP contribution in [0.25, 0.3) is 11.1 Å². The van der Waals surface area contributed by atoms with Crippen molar-refractivity contribution < 1.29 is 28.2 Å². The Balaban J connectivity index is 1.44. The molecule has 0 aliphatic carbocycles. The van der Waals surface area contributed by atoms with Crippen LogP contribution < -0.4 is 4.74 Å². The molecule has 5 rings (SSSR count). The van der Waals surface area contributed by atoms with E-state index in [4.69, 9.17) is 14.2 Å². The molecule has 0 N–H and O–H groups in total. The number of hydrogen-bond donors (Lipinski definition) is 0. The summed E-state index contributed by atoms with van der Waals surface area (Å²) >= 11 is 0. The predicted octanol–water partition coefficient (Wildman–Crippen LogP) is 5.59. The number of rotatable bonds is 8. The minimum atomic E-state index is -0.307. The van der Waals surface area contributed by atoms with Crippen molar-refractivity contribution in [2.24, 2.45) is 0 Å². The van der Waals surface area contributed by atoms with E-state index in [0.29, 0.717) is 63.7 Å². The number of carbonyl (C=O) groups is 2. The summed E-state index contributed by atoms with van der Waals surface area (Å²) in [6.07, 6.45) is 0.910. The molecule has 2 aliphatic heterocycles. The van der Waals surface area contributed by atoms with Gasteiger partial charge in [-0.2, -0.15) is 0 Å². The average Bonchev–Trinajstić information content (AvgIpc) is 2.94. The van der Waals surface area contributed by atoms with Crippen LogP contribution in [0.3, 0.4) is 0 Å². The SMILES string of the molecule is CCOC(=O)Cc1ccc(OCC)c(-c2ccc(F)c3c2CN(C(=O)CC2COCc4ccccc42)CC3)c1. The molecule has 0 radical (unpaired) electrons. The van der Waals surface area contributed by atoms with E-state index in [0.717, 1.165) is 27.8 Å². The van der Waals surface area contributed by atoms with E-state index in [9.17, 15) is 9.59 Å². The van der Waals surface area contributed by atoms with Crippen molar-refractivity contribution in [2.75, 3.05) is 26.4 Å². The molecule has 0 fully saturated rings. The van der Waals surface area contributed by atoms with Crippen molar-refractivity contribution in [2.45, 2.75) is 52.2 Å². The number of nitrogens with zero attached hydrogens (tertiary/aromatic N) is 1. The molecule has 6 nitrogen and oxygen atoms in total. The maximum absolute atomic E-state index is 15.0. The highest BCUT2D eigenvalue weighted by Gasteiger charge is 2.30. The highest BCUT2D eigenvalue weighted by Crippen LogP contribution is 2.38. The van der Waals surface area contributed by atoms with E-state index in [-0.39, 0.29) is 30.0 Å². The Hall–Kier alpha value is -3.71. The van der Waals surface area contributed by atoms with Gasteiger partial charge in [0.25, 0.3) is 0 Å².